The molecule has 2 amide bonds. The number of allylic oxidation sites excluding steroid dienone is 1. The summed E-state index contributed by atoms with van der Waals surface area (Å²) in [5.74, 6) is 0.0813. The highest BCUT2D eigenvalue weighted by Crippen LogP contribution is 2.35. The number of carbonyl (C=O) groups is 2. The van der Waals surface area contributed by atoms with Crippen LogP contribution < -0.4 is 15.4 Å². The van der Waals surface area contributed by atoms with E-state index >= 15 is 0 Å². The van der Waals surface area contributed by atoms with Crippen LogP contribution >= 0.6 is 23.2 Å². The average molecular weight is 477 g/mol. The van der Waals surface area contributed by atoms with E-state index in [9.17, 15) is 9.59 Å². The molecule has 0 aliphatic carbocycles. The van der Waals surface area contributed by atoms with E-state index < -0.39 is 12.0 Å². The lowest BCUT2D eigenvalue weighted by atomic mass is 9.93. The molecule has 2 aromatic carbocycles. The fourth-order valence-electron chi connectivity index (χ4n) is 3.49. The molecule has 3 rings (SSSR count). The van der Waals surface area contributed by atoms with Crippen molar-refractivity contribution in [2.45, 2.75) is 45.8 Å². The van der Waals surface area contributed by atoms with E-state index in [1.165, 1.54) is 0 Å². The molecule has 0 spiro atoms. The fraction of sp³-hybridized carbons (Fsp3) is 0.333. The summed E-state index contributed by atoms with van der Waals surface area (Å²) in [4.78, 5) is 25.3. The maximum Gasteiger partial charge on any atom is 0.338 e. The largest absolute Gasteiger partial charge is 0.489 e. The second-order valence-electron chi connectivity index (χ2n) is 7.32. The van der Waals surface area contributed by atoms with Gasteiger partial charge in [-0.05, 0) is 43.5 Å². The zero-order chi connectivity index (χ0) is 23.1. The standard InChI is InChI=1S/C24H26Cl2N2O4/c1-3-5-9-19-21(23(29)31-4-2)22(28-24(30)27-19)16-8-6-7-10-20(16)32-14-15-11-12-17(25)18(26)13-15/h6-8,10-13,22H,3-5,9,14H2,1-2H3,(H2,27,28,30). The van der Waals surface area contributed by atoms with Crippen molar-refractivity contribution in [1.29, 1.82) is 0 Å². The number of esters is 1. The van der Waals surface area contributed by atoms with Gasteiger partial charge in [-0.15, -0.1) is 0 Å². The van der Waals surface area contributed by atoms with Crippen LogP contribution in [-0.2, 0) is 16.1 Å². The lowest BCUT2D eigenvalue weighted by Crippen LogP contribution is -2.46. The number of nitrogens with one attached hydrogen (secondary N) is 2. The third-order valence-corrected chi connectivity index (χ3v) is 5.78. The van der Waals surface area contributed by atoms with E-state index in [0.29, 0.717) is 39.0 Å². The Labute approximate surface area is 197 Å². The van der Waals surface area contributed by atoms with Gasteiger partial charge >= 0.3 is 12.0 Å². The van der Waals surface area contributed by atoms with Crippen molar-refractivity contribution >= 4 is 35.2 Å². The molecule has 0 saturated carbocycles. The maximum absolute atomic E-state index is 12.9. The molecule has 8 heteroatoms. The number of hydrogen-bond donors (Lipinski definition) is 2. The van der Waals surface area contributed by atoms with Crippen LogP contribution in [0.2, 0.25) is 10.0 Å². The van der Waals surface area contributed by atoms with Crippen LogP contribution in [0.5, 0.6) is 5.75 Å². The molecule has 0 saturated heterocycles. The topological polar surface area (TPSA) is 76.7 Å². The normalized spacial score (nSPS) is 15.8. The summed E-state index contributed by atoms with van der Waals surface area (Å²) in [6, 6.07) is 11.5. The first kappa shape index (κ1) is 24.0. The van der Waals surface area contributed by atoms with Gasteiger partial charge in [0.05, 0.1) is 28.3 Å². The zero-order valence-electron chi connectivity index (χ0n) is 18.0. The van der Waals surface area contributed by atoms with Gasteiger partial charge in [-0.25, -0.2) is 9.59 Å². The third-order valence-electron chi connectivity index (χ3n) is 5.04. The smallest absolute Gasteiger partial charge is 0.338 e. The number of amides is 2. The molecular formula is C24H26Cl2N2O4. The van der Waals surface area contributed by atoms with Gasteiger partial charge in [-0.1, -0.05) is 60.8 Å². The molecule has 2 aromatic rings. The summed E-state index contributed by atoms with van der Waals surface area (Å²) >= 11 is 12.1. The van der Waals surface area contributed by atoms with Crippen LogP contribution in [0.25, 0.3) is 0 Å². The van der Waals surface area contributed by atoms with Crippen molar-refractivity contribution in [3.63, 3.8) is 0 Å². The maximum atomic E-state index is 12.9. The minimum absolute atomic E-state index is 0.236. The SMILES string of the molecule is CCCCC1=C(C(=O)OCC)C(c2ccccc2OCc2ccc(Cl)c(Cl)c2)NC(=O)N1. The van der Waals surface area contributed by atoms with Gasteiger partial charge < -0.3 is 20.1 Å². The molecule has 1 aliphatic heterocycles. The van der Waals surface area contributed by atoms with Crippen LogP contribution in [0.3, 0.4) is 0 Å². The van der Waals surface area contributed by atoms with Gasteiger partial charge in [0.25, 0.3) is 0 Å². The lowest BCUT2D eigenvalue weighted by Gasteiger charge is -2.30. The Hall–Kier alpha value is -2.70. The Balaban J connectivity index is 1.95. The molecule has 6 nitrogen and oxygen atoms in total. The highest BCUT2D eigenvalue weighted by Gasteiger charge is 2.34. The van der Waals surface area contributed by atoms with E-state index in [0.717, 1.165) is 18.4 Å². The zero-order valence-corrected chi connectivity index (χ0v) is 19.6. The quantitative estimate of drug-likeness (QED) is 0.439. The monoisotopic (exact) mass is 476 g/mol. The summed E-state index contributed by atoms with van der Waals surface area (Å²) < 4.78 is 11.4. The Bertz CT molecular complexity index is 1020. The molecule has 32 heavy (non-hydrogen) atoms. The molecule has 0 radical (unpaired) electrons. The minimum atomic E-state index is -0.695. The Morgan fingerprint density at radius 3 is 2.59 bits per heavy atom. The first-order valence-corrected chi connectivity index (χ1v) is 11.3. The Morgan fingerprint density at radius 1 is 1.09 bits per heavy atom. The van der Waals surface area contributed by atoms with Crippen molar-refractivity contribution in [2.24, 2.45) is 0 Å². The first-order chi connectivity index (χ1) is 15.4. The van der Waals surface area contributed by atoms with Crippen molar-refractivity contribution in [2.75, 3.05) is 6.61 Å². The average Bonchev–Trinajstić information content (AvgIpc) is 2.78. The Kier molecular flexibility index (Phi) is 8.42. The number of para-hydroxylation sites is 1. The lowest BCUT2D eigenvalue weighted by molar-refractivity contribution is -0.139. The van der Waals surface area contributed by atoms with Crippen LogP contribution in [0.15, 0.2) is 53.7 Å². The first-order valence-electron chi connectivity index (χ1n) is 10.6. The summed E-state index contributed by atoms with van der Waals surface area (Å²) in [5.41, 5.74) is 2.48. The number of hydrogen-bond acceptors (Lipinski definition) is 4. The molecule has 1 atom stereocenters. The van der Waals surface area contributed by atoms with Crippen molar-refractivity contribution < 1.29 is 19.1 Å². The van der Waals surface area contributed by atoms with E-state index in [-0.39, 0.29) is 19.2 Å². The van der Waals surface area contributed by atoms with Gasteiger partial charge in [0, 0.05) is 11.3 Å². The van der Waals surface area contributed by atoms with E-state index in [2.05, 4.69) is 17.6 Å². The number of ether oxygens (including phenoxy) is 2. The molecule has 1 unspecified atom stereocenters. The van der Waals surface area contributed by atoms with Gasteiger partial charge in [0.2, 0.25) is 0 Å². The van der Waals surface area contributed by atoms with Crippen LogP contribution in [0, 0.1) is 0 Å². The van der Waals surface area contributed by atoms with Crippen LogP contribution in [0.1, 0.15) is 50.3 Å². The minimum Gasteiger partial charge on any atom is -0.489 e. The molecule has 1 aliphatic rings. The highest BCUT2D eigenvalue weighted by molar-refractivity contribution is 6.42. The van der Waals surface area contributed by atoms with Gasteiger partial charge in [-0.2, -0.15) is 0 Å². The summed E-state index contributed by atoms with van der Waals surface area (Å²) in [6.45, 7) is 4.28. The molecule has 1 heterocycles. The third kappa shape index (κ3) is 5.75. The fourth-order valence-corrected chi connectivity index (χ4v) is 3.81. The van der Waals surface area contributed by atoms with Gasteiger partial charge in [0.15, 0.2) is 0 Å². The number of unbranched alkanes of at least 4 members (excludes halogenated alkanes) is 1. The summed E-state index contributed by atoms with van der Waals surface area (Å²) in [7, 11) is 0. The number of rotatable bonds is 9. The molecule has 0 aromatic heterocycles. The van der Waals surface area contributed by atoms with Crippen molar-refractivity contribution in [1.82, 2.24) is 10.6 Å². The number of carbonyl (C=O) groups excluding carboxylic acids is 2. The van der Waals surface area contributed by atoms with E-state index in [4.69, 9.17) is 32.7 Å². The second kappa shape index (κ2) is 11.2. The molecule has 0 fully saturated rings. The Morgan fingerprint density at radius 2 is 1.88 bits per heavy atom. The predicted octanol–water partition coefficient (Wildman–Crippen LogP) is 5.93. The van der Waals surface area contributed by atoms with Crippen molar-refractivity contribution in [3.05, 3.63) is 74.9 Å². The highest BCUT2D eigenvalue weighted by atomic mass is 35.5. The van der Waals surface area contributed by atoms with Crippen LogP contribution in [-0.4, -0.2) is 18.6 Å². The number of halogens is 2. The van der Waals surface area contributed by atoms with Gasteiger partial charge in [0.1, 0.15) is 12.4 Å². The molecule has 0 bridgehead atoms. The molecular weight excluding hydrogens is 451 g/mol. The number of benzene rings is 2. The second-order valence-corrected chi connectivity index (χ2v) is 8.14. The van der Waals surface area contributed by atoms with Gasteiger partial charge in [-0.3, -0.25) is 0 Å². The summed E-state index contributed by atoms with van der Waals surface area (Å²) in [5, 5.41) is 6.56. The molecule has 170 valence electrons. The van der Waals surface area contributed by atoms with E-state index in [1.807, 2.05) is 24.3 Å². The number of urea groups is 1. The predicted molar refractivity (Wildman–Crippen MR) is 125 cm³/mol. The van der Waals surface area contributed by atoms with Crippen LogP contribution in [0.4, 0.5) is 4.79 Å². The van der Waals surface area contributed by atoms with Crippen molar-refractivity contribution in [3.8, 4) is 5.75 Å². The molecule has 2 N–H and O–H groups in total. The van der Waals surface area contributed by atoms with E-state index in [1.54, 1.807) is 25.1 Å². The summed E-state index contributed by atoms with van der Waals surface area (Å²) in [6.07, 6.45) is 2.33.